The Hall–Kier alpha value is -0.710. The van der Waals surface area contributed by atoms with Gasteiger partial charge in [-0.2, -0.15) is 0 Å². The van der Waals surface area contributed by atoms with Gasteiger partial charge >= 0.3 is 0 Å². The number of nitrogens with zero attached hydrogens (tertiary/aromatic N) is 1. The van der Waals surface area contributed by atoms with Crippen LogP contribution in [-0.2, 0) is 19.5 Å². The maximum Gasteiger partial charge on any atom is 0.107 e. The lowest BCUT2D eigenvalue weighted by Crippen LogP contribution is -2.12. The van der Waals surface area contributed by atoms with Crippen molar-refractivity contribution in [2.45, 2.75) is 26.4 Å². The normalized spacial score (nSPS) is 10.7. The summed E-state index contributed by atoms with van der Waals surface area (Å²) in [5.74, 6) is 0. The summed E-state index contributed by atoms with van der Waals surface area (Å²) in [6, 6.07) is 8.27. The number of hydrogen-bond donors (Lipinski definition) is 1. The molecular weight excluding hydrogens is 296 g/mol. The van der Waals surface area contributed by atoms with Crippen molar-refractivity contribution in [3.8, 4) is 0 Å². The van der Waals surface area contributed by atoms with Gasteiger partial charge in [0, 0.05) is 28.6 Å². The Morgan fingerprint density at radius 3 is 2.82 bits per heavy atom. The van der Waals surface area contributed by atoms with Crippen LogP contribution in [0.25, 0.3) is 0 Å². The number of rotatable bonds is 5. The highest BCUT2D eigenvalue weighted by Gasteiger charge is 2.01. The van der Waals surface area contributed by atoms with Gasteiger partial charge in [-0.25, -0.2) is 4.98 Å². The van der Waals surface area contributed by atoms with E-state index in [1.54, 1.807) is 11.3 Å². The van der Waals surface area contributed by atoms with Crippen LogP contribution in [0.1, 0.15) is 22.4 Å². The summed E-state index contributed by atoms with van der Waals surface area (Å²) in [6.07, 6.45) is 3.04. The number of hydrogen-bond acceptors (Lipinski definition) is 3. The van der Waals surface area contributed by atoms with Gasteiger partial charge in [-0.1, -0.05) is 41.1 Å². The fourth-order valence-corrected chi connectivity index (χ4v) is 2.80. The average molecular weight is 311 g/mol. The molecule has 2 rings (SSSR count). The van der Waals surface area contributed by atoms with Crippen molar-refractivity contribution in [3.63, 3.8) is 0 Å². The molecule has 0 amide bonds. The van der Waals surface area contributed by atoms with Crippen molar-refractivity contribution in [1.29, 1.82) is 0 Å². The van der Waals surface area contributed by atoms with Gasteiger partial charge in [-0.05, 0) is 18.1 Å². The molecule has 17 heavy (non-hydrogen) atoms. The first kappa shape index (κ1) is 12.7. The topological polar surface area (TPSA) is 24.9 Å². The summed E-state index contributed by atoms with van der Waals surface area (Å²) in [5, 5.41) is 4.58. The number of halogens is 1. The van der Waals surface area contributed by atoms with Crippen LogP contribution >= 0.6 is 27.3 Å². The van der Waals surface area contributed by atoms with Crippen LogP contribution in [0.2, 0.25) is 0 Å². The van der Waals surface area contributed by atoms with Gasteiger partial charge in [0.2, 0.25) is 0 Å². The Labute approximate surface area is 114 Å². The van der Waals surface area contributed by atoms with Crippen molar-refractivity contribution in [2.75, 3.05) is 0 Å². The summed E-state index contributed by atoms with van der Waals surface area (Å²) in [7, 11) is 0. The average Bonchev–Trinajstić information content (AvgIpc) is 2.80. The number of aryl methyl sites for hydroxylation is 1. The molecule has 4 heteroatoms. The largest absolute Gasteiger partial charge is 0.306 e. The molecule has 0 unspecified atom stereocenters. The summed E-state index contributed by atoms with van der Waals surface area (Å²) in [6.45, 7) is 3.86. The smallest absolute Gasteiger partial charge is 0.107 e. The fourth-order valence-electron chi connectivity index (χ4n) is 1.54. The van der Waals surface area contributed by atoms with Crippen LogP contribution in [0.5, 0.6) is 0 Å². The molecule has 0 saturated carbocycles. The summed E-state index contributed by atoms with van der Waals surface area (Å²) in [4.78, 5) is 5.73. The zero-order valence-electron chi connectivity index (χ0n) is 9.74. The fraction of sp³-hybridized carbons (Fsp3) is 0.308. The van der Waals surface area contributed by atoms with Crippen molar-refractivity contribution >= 4 is 27.3 Å². The number of aromatic nitrogens is 1. The molecule has 2 aromatic rings. The Kier molecular flexibility index (Phi) is 4.71. The van der Waals surface area contributed by atoms with Crippen LogP contribution in [0.4, 0.5) is 0 Å². The van der Waals surface area contributed by atoms with Crippen LogP contribution < -0.4 is 5.32 Å². The molecule has 0 aliphatic carbocycles. The van der Waals surface area contributed by atoms with Gasteiger partial charge in [-0.3, -0.25) is 0 Å². The molecule has 1 aromatic heterocycles. The summed E-state index contributed by atoms with van der Waals surface area (Å²) >= 11 is 5.33. The highest BCUT2D eigenvalue weighted by Crippen LogP contribution is 2.16. The second kappa shape index (κ2) is 6.28. The third-order valence-corrected chi connectivity index (χ3v) is 4.41. The first-order valence-electron chi connectivity index (χ1n) is 5.67. The van der Waals surface area contributed by atoms with E-state index in [4.69, 9.17) is 0 Å². The molecular formula is C13H15BrN2S. The molecule has 0 spiro atoms. The molecule has 2 nitrogen and oxygen atoms in total. The van der Waals surface area contributed by atoms with E-state index in [-0.39, 0.29) is 0 Å². The third kappa shape index (κ3) is 3.63. The lowest BCUT2D eigenvalue weighted by atomic mass is 10.2. The Balaban J connectivity index is 1.85. The van der Waals surface area contributed by atoms with Gasteiger partial charge in [-0.15, -0.1) is 11.3 Å². The maximum atomic E-state index is 4.38. The molecule has 0 saturated heterocycles. The maximum absolute atomic E-state index is 4.38. The van der Waals surface area contributed by atoms with Crippen LogP contribution in [0.15, 0.2) is 34.9 Å². The zero-order chi connectivity index (χ0) is 12.1. The van der Waals surface area contributed by atoms with Crippen molar-refractivity contribution < 1.29 is 0 Å². The van der Waals surface area contributed by atoms with E-state index in [0.717, 1.165) is 29.0 Å². The van der Waals surface area contributed by atoms with Crippen molar-refractivity contribution in [1.82, 2.24) is 10.3 Å². The van der Waals surface area contributed by atoms with E-state index in [1.807, 2.05) is 12.3 Å². The predicted octanol–water partition coefficient (Wildman–Crippen LogP) is 3.76. The van der Waals surface area contributed by atoms with Gasteiger partial charge in [0.25, 0.3) is 0 Å². The van der Waals surface area contributed by atoms with Gasteiger partial charge in [0.05, 0.1) is 0 Å². The molecule has 1 heterocycles. The quantitative estimate of drug-likeness (QED) is 0.909. The lowest BCUT2D eigenvalue weighted by Gasteiger charge is -2.04. The molecule has 0 atom stereocenters. The van der Waals surface area contributed by atoms with E-state index in [9.17, 15) is 0 Å². The first-order valence-corrected chi connectivity index (χ1v) is 7.28. The van der Waals surface area contributed by atoms with Crippen LogP contribution in [0, 0.1) is 0 Å². The van der Waals surface area contributed by atoms with Crippen LogP contribution in [0.3, 0.4) is 0 Å². The SMILES string of the molecule is CCc1cnc(CNCc2ccccc2Br)s1. The Morgan fingerprint density at radius 2 is 2.12 bits per heavy atom. The summed E-state index contributed by atoms with van der Waals surface area (Å²) < 4.78 is 1.15. The second-order valence-electron chi connectivity index (χ2n) is 3.77. The number of nitrogens with one attached hydrogen (secondary N) is 1. The molecule has 0 radical (unpaired) electrons. The van der Waals surface area contributed by atoms with E-state index in [2.05, 4.69) is 51.4 Å². The standard InChI is InChI=1S/C13H15BrN2S/c1-2-11-8-16-13(17-11)9-15-7-10-5-3-4-6-12(10)14/h3-6,8,15H,2,7,9H2,1H3. The number of thiazole rings is 1. The highest BCUT2D eigenvalue weighted by atomic mass is 79.9. The second-order valence-corrected chi connectivity index (χ2v) is 5.82. The van der Waals surface area contributed by atoms with E-state index in [0.29, 0.717) is 0 Å². The zero-order valence-corrected chi connectivity index (χ0v) is 12.1. The lowest BCUT2D eigenvalue weighted by molar-refractivity contribution is 0.688. The Bertz CT molecular complexity index is 482. The Morgan fingerprint density at radius 1 is 1.29 bits per heavy atom. The summed E-state index contributed by atoms with van der Waals surface area (Å²) in [5.41, 5.74) is 1.28. The molecule has 1 N–H and O–H groups in total. The van der Waals surface area contributed by atoms with Gasteiger partial charge in [0.15, 0.2) is 0 Å². The monoisotopic (exact) mass is 310 g/mol. The van der Waals surface area contributed by atoms with E-state index >= 15 is 0 Å². The minimum Gasteiger partial charge on any atom is -0.306 e. The van der Waals surface area contributed by atoms with E-state index < -0.39 is 0 Å². The molecule has 90 valence electrons. The van der Waals surface area contributed by atoms with Crippen molar-refractivity contribution in [3.05, 3.63) is 50.4 Å². The molecule has 1 aromatic carbocycles. The first-order chi connectivity index (χ1) is 8.29. The molecule has 0 aliphatic heterocycles. The third-order valence-electron chi connectivity index (χ3n) is 2.50. The van der Waals surface area contributed by atoms with Crippen molar-refractivity contribution in [2.24, 2.45) is 0 Å². The minimum absolute atomic E-state index is 0.839. The minimum atomic E-state index is 0.839. The van der Waals surface area contributed by atoms with Gasteiger partial charge < -0.3 is 5.32 Å². The predicted molar refractivity (Wildman–Crippen MR) is 76.2 cm³/mol. The molecule has 0 fully saturated rings. The van der Waals surface area contributed by atoms with Gasteiger partial charge in [0.1, 0.15) is 5.01 Å². The van der Waals surface area contributed by atoms with E-state index in [1.165, 1.54) is 10.4 Å². The molecule has 0 aliphatic rings. The molecule has 0 bridgehead atoms. The van der Waals surface area contributed by atoms with Crippen LogP contribution in [-0.4, -0.2) is 4.98 Å². The number of benzene rings is 1. The highest BCUT2D eigenvalue weighted by molar-refractivity contribution is 9.10.